The van der Waals surface area contributed by atoms with Gasteiger partial charge in [-0.2, -0.15) is 0 Å². The second-order valence-corrected chi connectivity index (χ2v) is 10.5. The smallest absolute Gasteiger partial charge is 0.231 e. The fourth-order valence-electron chi connectivity index (χ4n) is 4.04. The highest BCUT2D eigenvalue weighted by Crippen LogP contribution is 2.36. The minimum Gasteiger partial charge on any atom is -0.491 e. The molecule has 31 heavy (non-hydrogen) atoms. The number of ether oxygens (including phenoxy) is 1. The van der Waals surface area contributed by atoms with E-state index in [0.29, 0.717) is 32.5 Å². The monoisotopic (exact) mass is 444 g/mol. The Morgan fingerprint density at radius 3 is 2.23 bits per heavy atom. The van der Waals surface area contributed by atoms with Crippen molar-refractivity contribution < 1.29 is 17.9 Å². The third-order valence-corrected chi connectivity index (χ3v) is 7.72. The highest BCUT2D eigenvalue weighted by molar-refractivity contribution is 7.89. The van der Waals surface area contributed by atoms with E-state index in [9.17, 15) is 13.2 Å². The molecule has 0 bridgehead atoms. The van der Waals surface area contributed by atoms with E-state index in [0.717, 1.165) is 16.9 Å². The van der Waals surface area contributed by atoms with Crippen molar-refractivity contribution in [2.75, 3.05) is 18.8 Å². The van der Waals surface area contributed by atoms with Crippen LogP contribution >= 0.6 is 0 Å². The Kier molecular flexibility index (Phi) is 7.38. The van der Waals surface area contributed by atoms with Gasteiger partial charge in [-0.15, -0.1) is 0 Å². The Morgan fingerprint density at radius 2 is 1.68 bits per heavy atom. The van der Waals surface area contributed by atoms with Gasteiger partial charge in [0.15, 0.2) is 0 Å². The molecule has 1 heterocycles. The molecule has 1 N–H and O–H groups in total. The molecule has 1 amide bonds. The van der Waals surface area contributed by atoms with E-state index in [-0.39, 0.29) is 17.8 Å². The average Bonchev–Trinajstić information content (AvgIpc) is 2.78. The summed E-state index contributed by atoms with van der Waals surface area (Å²) >= 11 is 0. The zero-order valence-electron chi connectivity index (χ0n) is 18.5. The summed E-state index contributed by atoms with van der Waals surface area (Å²) in [4.78, 5) is 13.4. The summed E-state index contributed by atoms with van der Waals surface area (Å²) in [7, 11) is -3.26. The summed E-state index contributed by atoms with van der Waals surface area (Å²) in [6, 6.07) is 17.4. The van der Waals surface area contributed by atoms with Gasteiger partial charge in [-0.3, -0.25) is 4.79 Å². The third-order valence-electron chi connectivity index (χ3n) is 5.84. The molecule has 0 atom stereocenters. The largest absolute Gasteiger partial charge is 0.491 e. The highest BCUT2D eigenvalue weighted by atomic mass is 32.2. The van der Waals surface area contributed by atoms with E-state index in [2.05, 4.69) is 5.32 Å². The van der Waals surface area contributed by atoms with Gasteiger partial charge in [-0.25, -0.2) is 12.7 Å². The standard InChI is InChI=1S/C24H32N2O4S/c1-4-31(28,29)26-16-14-24(15-17-26,21-8-6-5-7-9-21)23(27)25-18-20-10-12-22(13-11-20)30-19(2)3/h5-13,19H,4,14-18H2,1-3H3,(H,25,27). The summed E-state index contributed by atoms with van der Waals surface area (Å²) in [5, 5.41) is 3.09. The minimum atomic E-state index is -3.26. The molecule has 1 aliphatic rings. The van der Waals surface area contributed by atoms with Gasteiger partial charge in [-0.05, 0) is 56.9 Å². The molecule has 1 aliphatic heterocycles. The fourth-order valence-corrected chi connectivity index (χ4v) is 5.15. The first-order valence-electron chi connectivity index (χ1n) is 10.8. The van der Waals surface area contributed by atoms with Gasteiger partial charge in [0.05, 0.1) is 17.3 Å². The van der Waals surface area contributed by atoms with Crippen molar-refractivity contribution in [3.63, 3.8) is 0 Å². The van der Waals surface area contributed by atoms with Gasteiger partial charge >= 0.3 is 0 Å². The van der Waals surface area contributed by atoms with Gasteiger partial charge in [0.25, 0.3) is 0 Å². The molecule has 0 unspecified atom stereocenters. The maximum atomic E-state index is 13.4. The number of nitrogens with zero attached hydrogens (tertiary/aromatic N) is 1. The summed E-state index contributed by atoms with van der Waals surface area (Å²) in [5.74, 6) is 0.818. The summed E-state index contributed by atoms with van der Waals surface area (Å²) in [6.45, 7) is 6.72. The molecule has 3 rings (SSSR count). The zero-order chi connectivity index (χ0) is 22.5. The van der Waals surface area contributed by atoms with Gasteiger partial charge < -0.3 is 10.1 Å². The van der Waals surface area contributed by atoms with Crippen LogP contribution in [0.1, 0.15) is 44.7 Å². The molecular weight excluding hydrogens is 412 g/mol. The number of nitrogens with one attached hydrogen (secondary N) is 1. The van der Waals surface area contributed by atoms with E-state index in [1.807, 2.05) is 68.4 Å². The fraction of sp³-hybridized carbons (Fsp3) is 0.458. The van der Waals surface area contributed by atoms with Crippen LogP contribution in [0.3, 0.4) is 0 Å². The summed E-state index contributed by atoms with van der Waals surface area (Å²) in [6.07, 6.45) is 1.03. The number of sulfonamides is 1. The number of benzene rings is 2. The SMILES string of the molecule is CCS(=O)(=O)N1CCC(C(=O)NCc2ccc(OC(C)C)cc2)(c2ccccc2)CC1. The number of amides is 1. The van der Waals surface area contributed by atoms with Crippen molar-refractivity contribution >= 4 is 15.9 Å². The van der Waals surface area contributed by atoms with Crippen molar-refractivity contribution in [2.45, 2.75) is 51.7 Å². The molecule has 2 aromatic carbocycles. The van der Waals surface area contributed by atoms with E-state index in [1.54, 1.807) is 6.92 Å². The quantitative estimate of drug-likeness (QED) is 0.676. The van der Waals surface area contributed by atoms with Crippen molar-refractivity contribution in [3.8, 4) is 5.75 Å². The zero-order valence-corrected chi connectivity index (χ0v) is 19.3. The van der Waals surface area contributed by atoms with Crippen molar-refractivity contribution in [2.24, 2.45) is 0 Å². The van der Waals surface area contributed by atoms with Crippen LogP contribution < -0.4 is 10.1 Å². The highest BCUT2D eigenvalue weighted by Gasteiger charge is 2.44. The number of carbonyl (C=O) groups is 1. The Morgan fingerprint density at radius 1 is 1.06 bits per heavy atom. The van der Waals surface area contributed by atoms with E-state index in [4.69, 9.17) is 4.74 Å². The van der Waals surface area contributed by atoms with Crippen LogP contribution in [0.2, 0.25) is 0 Å². The van der Waals surface area contributed by atoms with Crippen LogP contribution in [0, 0.1) is 0 Å². The molecule has 2 aromatic rings. The molecule has 6 nitrogen and oxygen atoms in total. The van der Waals surface area contributed by atoms with Crippen LogP contribution in [0.4, 0.5) is 0 Å². The second kappa shape index (κ2) is 9.83. The summed E-state index contributed by atoms with van der Waals surface area (Å²) < 4.78 is 31.8. The topological polar surface area (TPSA) is 75.7 Å². The van der Waals surface area contributed by atoms with Gasteiger partial charge in [0.1, 0.15) is 5.75 Å². The lowest BCUT2D eigenvalue weighted by Gasteiger charge is -2.40. The van der Waals surface area contributed by atoms with Crippen LogP contribution in [-0.4, -0.2) is 43.6 Å². The molecule has 7 heteroatoms. The van der Waals surface area contributed by atoms with E-state index >= 15 is 0 Å². The van der Waals surface area contributed by atoms with Crippen molar-refractivity contribution in [3.05, 3.63) is 65.7 Å². The van der Waals surface area contributed by atoms with E-state index < -0.39 is 15.4 Å². The minimum absolute atomic E-state index is 0.0604. The molecule has 168 valence electrons. The van der Waals surface area contributed by atoms with E-state index in [1.165, 1.54) is 4.31 Å². The Bertz CT molecular complexity index is 964. The van der Waals surface area contributed by atoms with Gasteiger partial charge in [-0.1, -0.05) is 42.5 Å². The molecular formula is C24H32N2O4S. The Labute approximate surface area is 185 Å². The second-order valence-electron chi connectivity index (χ2n) is 8.24. The third kappa shape index (κ3) is 5.46. The summed E-state index contributed by atoms with van der Waals surface area (Å²) in [5.41, 5.74) is 1.18. The molecule has 0 aliphatic carbocycles. The average molecular weight is 445 g/mol. The molecule has 1 saturated heterocycles. The first-order chi connectivity index (χ1) is 14.8. The van der Waals surface area contributed by atoms with Crippen molar-refractivity contribution in [1.29, 1.82) is 0 Å². The number of hydrogen-bond acceptors (Lipinski definition) is 4. The van der Waals surface area contributed by atoms with Crippen LogP contribution in [-0.2, 0) is 26.8 Å². The van der Waals surface area contributed by atoms with Crippen LogP contribution in [0.5, 0.6) is 5.75 Å². The maximum absolute atomic E-state index is 13.4. The lowest BCUT2D eigenvalue weighted by molar-refractivity contribution is -0.128. The Hall–Kier alpha value is -2.38. The predicted molar refractivity (Wildman–Crippen MR) is 122 cm³/mol. The van der Waals surface area contributed by atoms with Crippen LogP contribution in [0.25, 0.3) is 0 Å². The predicted octanol–water partition coefficient (Wildman–Crippen LogP) is 3.47. The number of piperidine rings is 1. The lowest BCUT2D eigenvalue weighted by atomic mass is 9.72. The first kappa shape index (κ1) is 23.3. The Balaban J connectivity index is 1.74. The first-order valence-corrected chi connectivity index (χ1v) is 12.4. The van der Waals surface area contributed by atoms with Crippen molar-refractivity contribution in [1.82, 2.24) is 9.62 Å². The molecule has 0 aromatic heterocycles. The van der Waals surface area contributed by atoms with Gasteiger partial charge in [0, 0.05) is 19.6 Å². The normalized spacial score (nSPS) is 16.8. The van der Waals surface area contributed by atoms with Crippen LogP contribution in [0.15, 0.2) is 54.6 Å². The van der Waals surface area contributed by atoms with Gasteiger partial charge in [0.2, 0.25) is 15.9 Å². The number of rotatable bonds is 8. The molecule has 0 saturated carbocycles. The molecule has 0 spiro atoms. The maximum Gasteiger partial charge on any atom is 0.231 e. The lowest BCUT2D eigenvalue weighted by Crippen LogP contribution is -2.52. The number of hydrogen-bond donors (Lipinski definition) is 1. The number of carbonyl (C=O) groups excluding carboxylic acids is 1. The molecule has 1 fully saturated rings. The molecule has 0 radical (unpaired) electrons.